The second-order valence-electron chi connectivity index (χ2n) is 5.87. The van der Waals surface area contributed by atoms with Gasteiger partial charge in [0.2, 0.25) is 0 Å². The molecule has 1 aliphatic rings. The fourth-order valence-corrected chi connectivity index (χ4v) is 2.87. The Kier molecular flexibility index (Phi) is 5.49. The molecule has 0 bridgehead atoms. The third-order valence-corrected chi connectivity index (χ3v) is 4.12. The lowest BCUT2D eigenvalue weighted by atomic mass is 10.2. The summed E-state index contributed by atoms with van der Waals surface area (Å²) >= 11 is 0. The van der Waals surface area contributed by atoms with Gasteiger partial charge in [-0.2, -0.15) is 5.10 Å². The molecule has 3 rings (SSSR count). The summed E-state index contributed by atoms with van der Waals surface area (Å²) in [6.45, 7) is 5.04. The van der Waals surface area contributed by atoms with Crippen LogP contribution in [0.2, 0.25) is 0 Å². The van der Waals surface area contributed by atoms with Crippen molar-refractivity contribution in [1.82, 2.24) is 20.0 Å². The number of aromatic nitrogens is 2. The predicted octanol–water partition coefficient (Wildman–Crippen LogP) is 1.38. The van der Waals surface area contributed by atoms with E-state index in [1.165, 1.54) is 0 Å². The molecule has 134 valence electrons. The molecule has 2 aromatic rings. The van der Waals surface area contributed by atoms with Crippen molar-refractivity contribution in [2.45, 2.75) is 13.3 Å². The monoisotopic (exact) mass is 346 g/mol. The van der Waals surface area contributed by atoms with E-state index in [1.54, 1.807) is 36.3 Å². The number of ether oxygens (including phenoxy) is 1. The molecule has 1 saturated heterocycles. The summed E-state index contributed by atoms with van der Waals surface area (Å²) in [5, 5.41) is 6.94. The second-order valence-corrected chi connectivity index (χ2v) is 5.87. The number of carbonyl (C=O) groups excluding carboxylic acids is 2. The van der Waals surface area contributed by atoms with E-state index in [1.807, 2.05) is 4.90 Å². The number of esters is 1. The minimum absolute atomic E-state index is 0.118. The third kappa shape index (κ3) is 4.27. The van der Waals surface area contributed by atoms with Crippen LogP contribution in [0.3, 0.4) is 0 Å². The lowest BCUT2D eigenvalue weighted by molar-refractivity contribution is -0.144. The molecule has 8 nitrogen and oxygen atoms in total. The van der Waals surface area contributed by atoms with E-state index in [0.717, 1.165) is 13.0 Å². The average molecular weight is 346 g/mol. The Labute approximate surface area is 145 Å². The molecule has 0 atom stereocenters. The number of amides is 1. The van der Waals surface area contributed by atoms with Crippen LogP contribution in [-0.2, 0) is 9.53 Å². The van der Waals surface area contributed by atoms with E-state index in [9.17, 15) is 9.59 Å². The lowest BCUT2D eigenvalue weighted by Crippen LogP contribution is -2.37. The molecule has 0 saturated carbocycles. The average Bonchev–Trinajstić information content (AvgIpc) is 3.23. The van der Waals surface area contributed by atoms with Crippen molar-refractivity contribution in [3.63, 3.8) is 0 Å². The molecule has 25 heavy (non-hydrogen) atoms. The number of aromatic amines is 1. The van der Waals surface area contributed by atoms with Gasteiger partial charge in [-0.3, -0.25) is 19.6 Å². The summed E-state index contributed by atoms with van der Waals surface area (Å²) in [5.74, 6) is 0.299. The molecule has 1 aliphatic heterocycles. The Morgan fingerprint density at radius 2 is 2.20 bits per heavy atom. The van der Waals surface area contributed by atoms with Crippen LogP contribution >= 0.6 is 0 Å². The van der Waals surface area contributed by atoms with Gasteiger partial charge in [0, 0.05) is 32.2 Å². The molecule has 1 fully saturated rings. The number of H-pyrrole nitrogens is 1. The zero-order chi connectivity index (χ0) is 17.6. The maximum Gasteiger partial charge on any atom is 0.320 e. The van der Waals surface area contributed by atoms with Gasteiger partial charge in [-0.05, 0) is 25.5 Å². The number of rotatable bonds is 5. The Morgan fingerprint density at radius 1 is 1.32 bits per heavy atom. The van der Waals surface area contributed by atoms with Crippen LogP contribution in [-0.4, -0.2) is 71.2 Å². The number of nitrogens with one attached hydrogen (secondary N) is 1. The highest BCUT2D eigenvalue weighted by Gasteiger charge is 2.23. The standard InChI is InChI=1S/C17H22N4O4/c1-2-24-16(22)12-20-6-4-7-21(9-8-20)17(23)14-11-13(18-19-14)15-5-3-10-25-15/h3,5,10-11H,2,4,6-9,12H2,1H3,(H,18,19). The van der Waals surface area contributed by atoms with Gasteiger partial charge in [-0.1, -0.05) is 0 Å². The Hall–Kier alpha value is -2.61. The Balaban J connectivity index is 1.59. The van der Waals surface area contributed by atoms with Gasteiger partial charge in [0.25, 0.3) is 5.91 Å². The van der Waals surface area contributed by atoms with Gasteiger partial charge in [0.1, 0.15) is 5.69 Å². The number of hydrogen-bond donors (Lipinski definition) is 1. The molecule has 0 spiro atoms. The van der Waals surface area contributed by atoms with E-state index >= 15 is 0 Å². The summed E-state index contributed by atoms with van der Waals surface area (Å²) in [7, 11) is 0. The first-order valence-electron chi connectivity index (χ1n) is 8.44. The molecule has 0 unspecified atom stereocenters. The second kappa shape index (κ2) is 7.98. The molecule has 1 N–H and O–H groups in total. The highest BCUT2D eigenvalue weighted by molar-refractivity contribution is 5.93. The van der Waals surface area contributed by atoms with Crippen LogP contribution in [0.4, 0.5) is 0 Å². The van der Waals surface area contributed by atoms with Crippen LogP contribution in [0, 0.1) is 0 Å². The first-order valence-corrected chi connectivity index (χ1v) is 8.44. The van der Waals surface area contributed by atoms with E-state index in [4.69, 9.17) is 9.15 Å². The highest BCUT2D eigenvalue weighted by Crippen LogP contribution is 2.19. The fourth-order valence-electron chi connectivity index (χ4n) is 2.87. The van der Waals surface area contributed by atoms with Crippen molar-refractivity contribution in [3.05, 3.63) is 30.2 Å². The molecule has 0 radical (unpaired) electrons. The zero-order valence-electron chi connectivity index (χ0n) is 14.2. The molecule has 0 aromatic carbocycles. The summed E-state index contributed by atoms with van der Waals surface area (Å²) in [5.41, 5.74) is 1.04. The van der Waals surface area contributed by atoms with Gasteiger partial charge < -0.3 is 14.1 Å². The van der Waals surface area contributed by atoms with Crippen molar-refractivity contribution in [3.8, 4) is 11.5 Å². The summed E-state index contributed by atoms with van der Waals surface area (Å²) in [6.07, 6.45) is 2.38. The van der Waals surface area contributed by atoms with Crippen LogP contribution < -0.4 is 0 Å². The van der Waals surface area contributed by atoms with Crippen LogP contribution in [0.5, 0.6) is 0 Å². The maximum atomic E-state index is 12.7. The van der Waals surface area contributed by atoms with E-state index < -0.39 is 0 Å². The number of furan rings is 1. The molecule has 8 heteroatoms. The van der Waals surface area contributed by atoms with Crippen LogP contribution in [0.15, 0.2) is 28.9 Å². The number of hydrogen-bond acceptors (Lipinski definition) is 6. The van der Waals surface area contributed by atoms with E-state index in [0.29, 0.717) is 43.4 Å². The predicted molar refractivity (Wildman–Crippen MR) is 89.9 cm³/mol. The largest absolute Gasteiger partial charge is 0.465 e. The minimum Gasteiger partial charge on any atom is -0.465 e. The van der Waals surface area contributed by atoms with Gasteiger partial charge in [0.05, 0.1) is 19.4 Å². The number of nitrogens with zero attached hydrogens (tertiary/aromatic N) is 3. The number of carbonyl (C=O) groups is 2. The summed E-state index contributed by atoms with van der Waals surface area (Å²) < 4.78 is 10.3. The molecule has 1 amide bonds. The van der Waals surface area contributed by atoms with Crippen molar-refractivity contribution in [1.29, 1.82) is 0 Å². The molecular weight excluding hydrogens is 324 g/mol. The van der Waals surface area contributed by atoms with Gasteiger partial charge in [-0.15, -0.1) is 0 Å². The van der Waals surface area contributed by atoms with Gasteiger partial charge in [0.15, 0.2) is 11.5 Å². The molecule has 3 heterocycles. The molecule has 2 aromatic heterocycles. The van der Waals surface area contributed by atoms with Crippen molar-refractivity contribution in [2.75, 3.05) is 39.3 Å². The lowest BCUT2D eigenvalue weighted by Gasteiger charge is -2.20. The Morgan fingerprint density at radius 3 is 2.96 bits per heavy atom. The first kappa shape index (κ1) is 17.2. The molecular formula is C17H22N4O4. The summed E-state index contributed by atoms with van der Waals surface area (Å²) in [4.78, 5) is 28.1. The molecule has 0 aliphatic carbocycles. The normalized spacial score (nSPS) is 15.8. The SMILES string of the molecule is CCOC(=O)CN1CCCN(C(=O)c2cc(-c3ccco3)[nH]n2)CC1. The summed E-state index contributed by atoms with van der Waals surface area (Å²) in [6, 6.07) is 5.29. The van der Waals surface area contributed by atoms with Crippen molar-refractivity contribution >= 4 is 11.9 Å². The smallest absolute Gasteiger partial charge is 0.320 e. The zero-order valence-corrected chi connectivity index (χ0v) is 14.2. The van der Waals surface area contributed by atoms with Crippen molar-refractivity contribution in [2.24, 2.45) is 0 Å². The van der Waals surface area contributed by atoms with E-state index in [-0.39, 0.29) is 18.4 Å². The van der Waals surface area contributed by atoms with Gasteiger partial charge >= 0.3 is 5.97 Å². The van der Waals surface area contributed by atoms with Crippen LogP contribution in [0.1, 0.15) is 23.8 Å². The first-order chi connectivity index (χ1) is 12.2. The van der Waals surface area contributed by atoms with Gasteiger partial charge in [-0.25, -0.2) is 0 Å². The fraction of sp³-hybridized carbons (Fsp3) is 0.471. The Bertz CT molecular complexity index is 710. The quantitative estimate of drug-likeness (QED) is 0.823. The van der Waals surface area contributed by atoms with Crippen molar-refractivity contribution < 1.29 is 18.7 Å². The van der Waals surface area contributed by atoms with E-state index in [2.05, 4.69) is 10.2 Å². The van der Waals surface area contributed by atoms with Crippen LogP contribution in [0.25, 0.3) is 11.5 Å². The minimum atomic E-state index is -0.224. The topological polar surface area (TPSA) is 91.7 Å². The third-order valence-electron chi connectivity index (χ3n) is 4.12. The maximum absolute atomic E-state index is 12.7. The highest BCUT2D eigenvalue weighted by atomic mass is 16.5.